The molecule has 0 aliphatic heterocycles. The number of carbonyl (C=O) groups excluding carboxylic acids is 1. The van der Waals surface area contributed by atoms with Crippen molar-refractivity contribution in [2.75, 3.05) is 7.05 Å². The van der Waals surface area contributed by atoms with Crippen LogP contribution in [0.15, 0.2) is 6.20 Å². The van der Waals surface area contributed by atoms with Gasteiger partial charge in [-0.25, -0.2) is 9.78 Å². The molecule has 0 radical (unpaired) electrons. The average molecular weight is 281 g/mol. The minimum atomic E-state index is 0.0204. The first-order chi connectivity index (χ1) is 9.10. The maximum absolute atomic E-state index is 12.1. The molecule has 1 aliphatic rings. The Morgan fingerprint density at radius 2 is 2.37 bits per heavy atom. The Balaban J connectivity index is 1.84. The molecule has 0 spiro atoms. The summed E-state index contributed by atoms with van der Waals surface area (Å²) in [6, 6.07) is 0.365. The fourth-order valence-electron chi connectivity index (χ4n) is 2.49. The van der Waals surface area contributed by atoms with Gasteiger partial charge in [0.05, 0.1) is 6.54 Å². The molecule has 1 aromatic heterocycles. The van der Waals surface area contributed by atoms with E-state index in [2.05, 4.69) is 24.1 Å². The Kier molecular flexibility index (Phi) is 4.80. The predicted molar refractivity (Wildman–Crippen MR) is 78.3 cm³/mol. The molecule has 2 amide bonds. The lowest BCUT2D eigenvalue weighted by atomic mass is 10.1. The number of thiazole rings is 1. The summed E-state index contributed by atoms with van der Waals surface area (Å²) >= 11 is 1.69. The van der Waals surface area contributed by atoms with Crippen LogP contribution < -0.4 is 5.32 Å². The molecule has 0 bridgehead atoms. The van der Waals surface area contributed by atoms with Gasteiger partial charge < -0.3 is 10.2 Å². The number of urea groups is 1. The van der Waals surface area contributed by atoms with E-state index >= 15 is 0 Å². The molecule has 1 aromatic rings. The van der Waals surface area contributed by atoms with Crippen molar-refractivity contribution in [3.8, 4) is 0 Å². The number of aromatic nitrogens is 1. The number of amides is 2. The Morgan fingerprint density at radius 3 is 2.95 bits per heavy atom. The van der Waals surface area contributed by atoms with Crippen molar-refractivity contribution in [2.24, 2.45) is 5.92 Å². The van der Waals surface area contributed by atoms with E-state index in [9.17, 15) is 4.79 Å². The van der Waals surface area contributed by atoms with Gasteiger partial charge in [0.1, 0.15) is 5.01 Å². The average Bonchev–Trinajstić information content (AvgIpc) is 2.99. The number of carbonyl (C=O) groups is 1. The van der Waals surface area contributed by atoms with E-state index < -0.39 is 0 Å². The van der Waals surface area contributed by atoms with Gasteiger partial charge in [0, 0.05) is 24.2 Å². The molecule has 5 heteroatoms. The number of aryl methyl sites for hydroxylation is 1. The van der Waals surface area contributed by atoms with Gasteiger partial charge in [-0.3, -0.25) is 0 Å². The van der Waals surface area contributed by atoms with Crippen molar-refractivity contribution in [2.45, 2.75) is 52.1 Å². The van der Waals surface area contributed by atoms with Crippen LogP contribution in [-0.4, -0.2) is 29.0 Å². The second-order valence-electron chi connectivity index (χ2n) is 5.39. The SMILES string of the molecule is CCc1cnc(CN(C)C(=O)N[C@@H]2CCC[C@H]2C)s1. The van der Waals surface area contributed by atoms with E-state index in [0.29, 0.717) is 18.5 Å². The zero-order chi connectivity index (χ0) is 13.8. The molecule has 0 saturated heterocycles. The lowest BCUT2D eigenvalue weighted by molar-refractivity contribution is 0.200. The fourth-order valence-corrected chi connectivity index (χ4v) is 3.40. The Morgan fingerprint density at radius 1 is 1.58 bits per heavy atom. The predicted octanol–water partition coefficient (Wildman–Crippen LogP) is 3.04. The third-order valence-corrected chi connectivity index (χ3v) is 4.97. The van der Waals surface area contributed by atoms with Gasteiger partial charge in [-0.1, -0.05) is 20.3 Å². The maximum Gasteiger partial charge on any atom is 0.317 e. The van der Waals surface area contributed by atoms with Crippen LogP contribution in [0.5, 0.6) is 0 Å². The van der Waals surface area contributed by atoms with Crippen molar-refractivity contribution in [1.29, 1.82) is 0 Å². The number of nitrogens with one attached hydrogen (secondary N) is 1. The normalized spacial score (nSPS) is 22.5. The van der Waals surface area contributed by atoms with E-state index in [1.54, 1.807) is 16.2 Å². The number of hydrogen-bond acceptors (Lipinski definition) is 3. The molecule has 1 heterocycles. The highest BCUT2D eigenvalue weighted by Gasteiger charge is 2.25. The first kappa shape index (κ1) is 14.3. The van der Waals surface area contributed by atoms with E-state index in [4.69, 9.17) is 0 Å². The van der Waals surface area contributed by atoms with Gasteiger partial charge in [0.15, 0.2) is 0 Å². The van der Waals surface area contributed by atoms with Gasteiger partial charge in [0.2, 0.25) is 0 Å². The lowest BCUT2D eigenvalue weighted by Gasteiger charge is -2.22. The molecule has 1 fully saturated rings. The summed E-state index contributed by atoms with van der Waals surface area (Å²) < 4.78 is 0. The summed E-state index contributed by atoms with van der Waals surface area (Å²) in [6.45, 7) is 4.93. The van der Waals surface area contributed by atoms with Crippen LogP contribution in [0.4, 0.5) is 4.79 Å². The van der Waals surface area contributed by atoms with E-state index in [0.717, 1.165) is 17.8 Å². The fraction of sp³-hybridized carbons (Fsp3) is 0.714. The molecule has 2 rings (SSSR count). The van der Waals surface area contributed by atoms with Crippen molar-refractivity contribution in [3.05, 3.63) is 16.1 Å². The number of rotatable bonds is 4. The Bertz CT molecular complexity index is 432. The Labute approximate surface area is 119 Å². The van der Waals surface area contributed by atoms with Crippen LogP contribution in [0, 0.1) is 5.92 Å². The molecule has 1 aliphatic carbocycles. The zero-order valence-corrected chi connectivity index (χ0v) is 12.8. The topological polar surface area (TPSA) is 45.2 Å². The highest BCUT2D eigenvalue weighted by Crippen LogP contribution is 2.25. The molecular weight excluding hydrogens is 258 g/mol. The molecule has 0 unspecified atom stereocenters. The Hall–Kier alpha value is -1.10. The van der Waals surface area contributed by atoms with Gasteiger partial charge in [-0.05, 0) is 25.2 Å². The molecule has 1 saturated carbocycles. The second kappa shape index (κ2) is 6.37. The van der Waals surface area contributed by atoms with Crippen LogP contribution in [0.1, 0.15) is 43.0 Å². The van der Waals surface area contributed by atoms with Gasteiger partial charge in [0.25, 0.3) is 0 Å². The molecule has 106 valence electrons. The summed E-state index contributed by atoms with van der Waals surface area (Å²) in [5, 5.41) is 4.14. The van der Waals surface area contributed by atoms with E-state index in [-0.39, 0.29) is 6.03 Å². The zero-order valence-electron chi connectivity index (χ0n) is 12.0. The standard InChI is InChI=1S/C14H23N3OS/c1-4-11-8-15-13(19-11)9-17(3)14(18)16-12-7-5-6-10(12)2/h8,10,12H,4-7,9H2,1-3H3,(H,16,18)/t10-,12-/m1/s1. The molecule has 0 aromatic carbocycles. The first-order valence-electron chi connectivity index (χ1n) is 7.05. The summed E-state index contributed by atoms with van der Waals surface area (Å²) in [7, 11) is 1.84. The molecule has 4 nitrogen and oxygen atoms in total. The minimum Gasteiger partial charge on any atom is -0.335 e. The maximum atomic E-state index is 12.1. The van der Waals surface area contributed by atoms with Crippen LogP contribution >= 0.6 is 11.3 Å². The third-order valence-electron chi connectivity index (χ3n) is 3.84. The van der Waals surface area contributed by atoms with Crippen molar-refractivity contribution < 1.29 is 4.79 Å². The quantitative estimate of drug-likeness (QED) is 0.922. The van der Waals surface area contributed by atoms with Crippen LogP contribution in [0.2, 0.25) is 0 Å². The minimum absolute atomic E-state index is 0.0204. The van der Waals surface area contributed by atoms with Gasteiger partial charge in [-0.15, -0.1) is 11.3 Å². The summed E-state index contributed by atoms with van der Waals surface area (Å²) in [5.41, 5.74) is 0. The summed E-state index contributed by atoms with van der Waals surface area (Å²) in [5.74, 6) is 0.601. The smallest absolute Gasteiger partial charge is 0.317 e. The third kappa shape index (κ3) is 3.69. The van der Waals surface area contributed by atoms with Crippen LogP contribution in [0.3, 0.4) is 0 Å². The van der Waals surface area contributed by atoms with E-state index in [1.165, 1.54) is 17.7 Å². The largest absolute Gasteiger partial charge is 0.335 e. The van der Waals surface area contributed by atoms with Crippen LogP contribution in [0.25, 0.3) is 0 Å². The summed E-state index contributed by atoms with van der Waals surface area (Å²) in [4.78, 5) is 19.5. The molecule has 1 N–H and O–H groups in total. The van der Waals surface area contributed by atoms with Crippen molar-refractivity contribution in [3.63, 3.8) is 0 Å². The highest BCUT2D eigenvalue weighted by molar-refractivity contribution is 7.11. The van der Waals surface area contributed by atoms with E-state index in [1.807, 2.05) is 13.2 Å². The van der Waals surface area contributed by atoms with Gasteiger partial charge >= 0.3 is 6.03 Å². The number of hydrogen-bond donors (Lipinski definition) is 1. The first-order valence-corrected chi connectivity index (χ1v) is 7.87. The monoisotopic (exact) mass is 281 g/mol. The van der Waals surface area contributed by atoms with Gasteiger partial charge in [-0.2, -0.15) is 0 Å². The number of nitrogens with zero attached hydrogens (tertiary/aromatic N) is 2. The molecular formula is C14H23N3OS. The molecule has 2 atom stereocenters. The lowest BCUT2D eigenvalue weighted by Crippen LogP contribution is -2.43. The van der Waals surface area contributed by atoms with Crippen molar-refractivity contribution >= 4 is 17.4 Å². The summed E-state index contributed by atoms with van der Waals surface area (Å²) in [6.07, 6.45) is 6.47. The van der Waals surface area contributed by atoms with Crippen molar-refractivity contribution in [1.82, 2.24) is 15.2 Å². The van der Waals surface area contributed by atoms with Crippen LogP contribution in [-0.2, 0) is 13.0 Å². The molecule has 19 heavy (non-hydrogen) atoms. The second-order valence-corrected chi connectivity index (χ2v) is 6.59. The highest BCUT2D eigenvalue weighted by atomic mass is 32.1.